The Balaban J connectivity index is 1.72. The van der Waals surface area contributed by atoms with E-state index in [1.165, 1.54) is 0 Å². The van der Waals surface area contributed by atoms with Gasteiger partial charge in [-0.3, -0.25) is 0 Å². The number of aliphatic hydroxyl groups excluding tert-OH is 1. The summed E-state index contributed by atoms with van der Waals surface area (Å²) in [4.78, 5) is 4.38. The minimum Gasteiger partial charge on any atom is -0.392 e. The number of aliphatic hydroxyl groups is 1. The smallest absolute Gasteiger partial charge is 0.243 e. The SMILES string of the molecule is OC1CN[C@H](c2nc(C3CCOC3)no2)C1. The normalized spacial score (nSPS) is 34.7. The van der Waals surface area contributed by atoms with Crippen LogP contribution in [0.3, 0.4) is 0 Å². The zero-order chi connectivity index (χ0) is 11.0. The fraction of sp³-hybridized carbons (Fsp3) is 0.800. The molecule has 0 aliphatic carbocycles. The van der Waals surface area contributed by atoms with Gasteiger partial charge in [-0.2, -0.15) is 4.98 Å². The second-order valence-electron chi connectivity index (χ2n) is 4.40. The van der Waals surface area contributed by atoms with Crippen LogP contribution in [0.4, 0.5) is 0 Å². The van der Waals surface area contributed by atoms with Crippen molar-refractivity contribution in [3.8, 4) is 0 Å². The standard InChI is InChI=1S/C10H15N3O3/c14-7-3-8(11-4-7)10-12-9(13-16-10)6-1-2-15-5-6/h6-8,11,14H,1-5H2/t6?,7?,8-/m0/s1. The molecule has 2 fully saturated rings. The first-order valence-corrected chi connectivity index (χ1v) is 5.65. The van der Waals surface area contributed by atoms with Crippen LogP contribution in [0.5, 0.6) is 0 Å². The van der Waals surface area contributed by atoms with Crippen LogP contribution in [-0.4, -0.2) is 41.1 Å². The van der Waals surface area contributed by atoms with Gasteiger partial charge in [0.15, 0.2) is 5.82 Å². The highest BCUT2D eigenvalue weighted by molar-refractivity contribution is 5.02. The van der Waals surface area contributed by atoms with Crippen molar-refractivity contribution in [2.75, 3.05) is 19.8 Å². The van der Waals surface area contributed by atoms with Crippen molar-refractivity contribution in [3.63, 3.8) is 0 Å². The van der Waals surface area contributed by atoms with E-state index in [0.717, 1.165) is 18.9 Å². The van der Waals surface area contributed by atoms with Crippen LogP contribution in [0.2, 0.25) is 0 Å². The summed E-state index contributed by atoms with van der Waals surface area (Å²) < 4.78 is 10.5. The summed E-state index contributed by atoms with van der Waals surface area (Å²) in [6, 6.07) is -0.00132. The molecule has 0 amide bonds. The minimum absolute atomic E-state index is 0.00132. The van der Waals surface area contributed by atoms with E-state index in [9.17, 15) is 5.11 Å². The Bertz CT molecular complexity index is 362. The zero-order valence-corrected chi connectivity index (χ0v) is 8.93. The first kappa shape index (κ1) is 10.2. The molecule has 0 radical (unpaired) electrons. The molecule has 3 atom stereocenters. The van der Waals surface area contributed by atoms with Gasteiger partial charge >= 0.3 is 0 Å². The van der Waals surface area contributed by atoms with Crippen molar-refractivity contribution in [2.24, 2.45) is 0 Å². The van der Waals surface area contributed by atoms with Gasteiger partial charge in [0.1, 0.15) is 0 Å². The number of nitrogens with zero attached hydrogens (tertiary/aromatic N) is 2. The van der Waals surface area contributed by atoms with Crippen molar-refractivity contribution in [3.05, 3.63) is 11.7 Å². The molecule has 3 rings (SSSR count). The van der Waals surface area contributed by atoms with Crippen LogP contribution < -0.4 is 5.32 Å². The van der Waals surface area contributed by atoms with Crippen molar-refractivity contribution in [2.45, 2.75) is 30.9 Å². The van der Waals surface area contributed by atoms with E-state index in [-0.39, 0.29) is 18.1 Å². The Morgan fingerprint density at radius 3 is 3.06 bits per heavy atom. The van der Waals surface area contributed by atoms with Gasteiger partial charge in [0, 0.05) is 19.1 Å². The molecule has 2 N–H and O–H groups in total. The molecule has 6 nitrogen and oxygen atoms in total. The zero-order valence-electron chi connectivity index (χ0n) is 8.93. The van der Waals surface area contributed by atoms with E-state index in [1.807, 2.05) is 0 Å². The Morgan fingerprint density at radius 2 is 2.38 bits per heavy atom. The fourth-order valence-corrected chi connectivity index (χ4v) is 2.20. The molecule has 1 aromatic rings. The lowest BCUT2D eigenvalue weighted by atomic mass is 10.1. The number of β-amino-alcohol motifs (C(OH)–C–C–N with tert-alkyl or cyclic N) is 1. The number of aromatic nitrogens is 2. The van der Waals surface area contributed by atoms with Crippen LogP contribution in [0, 0.1) is 0 Å². The summed E-state index contributed by atoms with van der Waals surface area (Å²) in [5.41, 5.74) is 0. The number of nitrogens with one attached hydrogen (secondary N) is 1. The van der Waals surface area contributed by atoms with Crippen molar-refractivity contribution in [1.29, 1.82) is 0 Å². The largest absolute Gasteiger partial charge is 0.392 e. The highest BCUT2D eigenvalue weighted by atomic mass is 16.5. The highest BCUT2D eigenvalue weighted by Crippen LogP contribution is 2.26. The van der Waals surface area contributed by atoms with Gasteiger partial charge in [-0.25, -0.2) is 0 Å². The molecule has 2 unspecified atom stereocenters. The Labute approximate surface area is 93.0 Å². The van der Waals surface area contributed by atoms with Gasteiger partial charge in [0.25, 0.3) is 0 Å². The second-order valence-corrected chi connectivity index (χ2v) is 4.40. The molecule has 6 heteroatoms. The molecule has 2 saturated heterocycles. The maximum atomic E-state index is 9.41. The lowest BCUT2D eigenvalue weighted by Crippen LogP contribution is -2.15. The van der Waals surface area contributed by atoms with Crippen LogP contribution in [0.15, 0.2) is 4.52 Å². The monoisotopic (exact) mass is 225 g/mol. The lowest BCUT2D eigenvalue weighted by Gasteiger charge is -2.02. The van der Waals surface area contributed by atoms with Gasteiger partial charge in [0.05, 0.1) is 18.8 Å². The fourth-order valence-electron chi connectivity index (χ4n) is 2.20. The summed E-state index contributed by atoms with van der Waals surface area (Å²) in [6.07, 6.45) is 1.29. The molecular weight excluding hydrogens is 210 g/mol. The summed E-state index contributed by atoms with van der Waals surface area (Å²) in [5, 5.41) is 16.5. The Hall–Kier alpha value is -0.980. The second kappa shape index (κ2) is 4.12. The van der Waals surface area contributed by atoms with E-state index in [4.69, 9.17) is 9.26 Å². The third kappa shape index (κ3) is 1.83. The van der Waals surface area contributed by atoms with Gasteiger partial charge in [-0.15, -0.1) is 0 Å². The van der Waals surface area contributed by atoms with Gasteiger partial charge in [-0.1, -0.05) is 5.16 Å². The molecule has 0 bridgehead atoms. The predicted molar refractivity (Wildman–Crippen MR) is 53.8 cm³/mol. The van der Waals surface area contributed by atoms with E-state index in [2.05, 4.69) is 15.5 Å². The number of rotatable bonds is 2. The number of hydrogen-bond donors (Lipinski definition) is 2. The maximum absolute atomic E-state index is 9.41. The molecule has 16 heavy (non-hydrogen) atoms. The molecule has 2 aliphatic heterocycles. The Kier molecular flexibility index (Phi) is 2.62. The average molecular weight is 225 g/mol. The molecule has 0 saturated carbocycles. The van der Waals surface area contributed by atoms with Gasteiger partial charge < -0.3 is 19.7 Å². The van der Waals surface area contributed by atoms with E-state index >= 15 is 0 Å². The maximum Gasteiger partial charge on any atom is 0.243 e. The number of hydrogen-bond acceptors (Lipinski definition) is 6. The first-order valence-electron chi connectivity index (χ1n) is 5.65. The van der Waals surface area contributed by atoms with Crippen LogP contribution in [0.25, 0.3) is 0 Å². The number of ether oxygens (including phenoxy) is 1. The predicted octanol–water partition coefficient (Wildman–Crippen LogP) is -0.0312. The van der Waals surface area contributed by atoms with Gasteiger partial charge in [-0.05, 0) is 12.8 Å². The van der Waals surface area contributed by atoms with E-state index in [0.29, 0.717) is 25.5 Å². The summed E-state index contributed by atoms with van der Waals surface area (Å²) in [6.45, 7) is 2.05. The average Bonchev–Trinajstić information content (AvgIpc) is 2.97. The van der Waals surface area contributed by atoms with Crippen molar-refractivity contribution < 1.29 is 14.4 Å². The summed E-state index contributed by atoms with van der Waals surface area (Å²) >= 11 is 0. The highest BCUT2D eigenvalue weighted by Gasteiger charge is 2.30. The molecule has 2 aliphatic rings. The molecule has 0 aromatic carbocycles. The third-order valence-electron chi connectivity index (χ3n) is 3.16. The molecule has 0 spiro atoms. The Morgan fingerprint density at radius 1 is 1.44 bits per heavy atom. The van der Waals surface area contributed by atoms with E-state index < -0.39 is 0 Å². The van der Waals surface area contributed by atoms with E-state index in [1.54, 1.807) is 0 Å². The quantitative estimate of drug-likeness (QED) is 0.735. The molecular formula is C10H15N3O3. The van der Waals surface area contributed by atoms with Crippen molar-refractivity contribution in [1.82, 2.24) is 15.5 Å². The van der Waals surface area contributed by atoms with Crippen LogP contribution in [-0.2, 0) is 4.74 Å². The topological polar surface area (TPSA) is 80.4 Å². The minimum atomic E-state index is -0.310. The summed E-state index contributed by atoms with van der Waals surface area (Å²) in [5.74, 6) is 1.58. The lowest BCUT2D eigenvalue weighted by molar-refractivity contribution is 0.190. The molecule has 3 heterocycles. The third-order valence-corrected chi connectivity index (χ3v) is 3.16. The van der Waals surface area contributed by atoms with Crippen LogP contribution >= 0.6 is 0 Å². The molecule has 88 valence electrons. The molecule has 1 aromatic heterocycles. The summed E-state index contributed by atoms with van der Waals surface area (Å²) in [7, 11) is 0. The first-order chi connectivity index (χ1) is 7.83. The van der Waals surface area contributed by atoms with Crippen LogP contribution in [0.1, 0.15) is 36.5 Å². The van der Waals surface area contributed by atoms with Gasteiger partial charge in [0.2, 0.25) is 5.89 Å². The van der Waals surface area contributed by atoms with Crippen molar-refractivity contribution >= 4 is 0 Å².